The second-order valence-electron chi connectivity index (χ2n) is 6.10. The standard InChI is InChI=1S/C19H22BrN3O/c1-14(19(24)22-17-6-4-15(20)5-7-17)21-16-8-10-18(11-9-16)23-12-2-3-13-23/h4-11,14,21H,2-3,12-13H2,1H3,(H,22,24)/t14-/m1/s1. The van der Waals surface area contributed by atoms with Crippen LogP contribution in [0.15, 0.2) is 53.0 Å². The molecule has 0 unspecified atom stereocenters. The first kappa shape index (κ1) is 16.8. The first-order chi connectivity index (χ1) is 11.6. The molecular weight excluding hydrogens is 366 g/mol. The van der Waals surface area contributed by atoms with E-state index in [9.17, 15) is 4.79 Å². The van der Waals surface area contributed by atoms with Crippen molar-refractivity contribution in [3.05, 3.63) is 53.0 Å². The van der Waals surface area contributed by atoms with Gasteiger partial charge in [-0.25, -0.2) is 0 Å². The van der Waals surface area contributed by atoms with Gasteiger partial charge in [0.1, 0.15) is 6.04 Å². The van der Waals surface area contributed by atoms with Crippen molar-refractivity contribution < 1.29 is 4.79 Å². The van der Waals surface area contributed by atoms with E-state index < -0.39 is 0 Å². The Morgan fingerprint density at radius 2 is 1.58 bits per heavy atom. The average Bonchev–Trinajstić information content (AvgIpc) is 3.12. The third kappa shape index (κ3) is 4.29. The zero-order valence-electron chi connectivity index (χ0n) is 13.8. The van der Waals surface area contributed by atoms with E-state index in [2.05, 4.69) is 43.6 Å². The molecule has 1 heterocycles. The minimum Gasteiger partial charge on any atom is -0.374 e. The van der Waals surface area contributed by atoms with E-state index >= 15 is 0 Å². The number of rotatable bonds is 5. The average molecular weight is 388 g/mol. The molecule has 0 aromatic heterocycles. The molecule has 5 heteroatoms. The van der Waals surface area contributed by atoms with E-state index in [1.165, 1.54) is 18.5 Å². The van der Waals surface area contributed by atoms with Gasteiger partial charge in [0.15, 0.2) is 0 Å². The van der Waals surface area contributed by atoms with Crippen molar-refractivity contribution in [2.24, 2.45) is 0 Å². The summed E-state index contributed by atoms with van der Waals surface area (Å²) in [6, 6.07) is 15.6. The summed E-state index contributed by atoms with van der Waals surface area (Å²) in [4.78, 5) is 14.7. The SMILES string of the molecule is C[C@@H](Nc1ccc(N2CCCC2)cc1)C(=O)Nc1ccc(Br)cc1. The first-order valence-electron chi connectivity index (χ1n) is 8.30. The zero-order valence-corrected chi connectivity index (χ0v) is 15.3. The molecule has 126 valence electrons. The quantitative estimate of drug-likeness (QED) is 0.794. The molecule has 1 aliphatic heterocycles. The van der Waals surface area contributed by atoms with Gasteiger partial charge in [0.05, 0.1) is 0 Å². The number of benzene rings is 2. The summed E-state index contributed by atoms with van der Waals surface area (Å²) >= 11 is 3.39. The summed E-state index contributed by atoms with van der Waals surface area (Å²) in [6.07, 6.45) is 2.54. The van der Waals surface area contributed by atoms with Gasteiger partial charge in [0.25, 0.3) is 0 Å². The van der Waals surface area contributed by atoms with Crippen molar-refractivity contribution >= 4 is 38.9 Å². The molecule has 0 saturated carbocycles. The third-order valence-electron chi connectivity index (χ3n) is 4.23. The number of anilines is 3. The van der Waals surface area contributed by atoms with E-state index in [1.54, 1.807) is 0 Å². The molecule has 1 amide bonds. The van der Waals surface area contributed by atoms with Crippen LogP contribution >= 0.6 is 15.9 Å². The van der Waals surface area contributed by atoms with Gasteiger partial charge in [-0.3, -0.25) is 4.79 Å². The predicted molar refractivity (Wildman–Crippen MR) is 104 cm³/mol. The Balaban J connectivity index is 1.56. The first-order valence-corrected chi connectivity index (χ1v) is 9.09. The van der Waals surface area contributed by atoms with E-state index in [0.717, 1.165) is 28.9 Å². The summed E-state index contributed by atoms with van der Waals surface area (Å²) in [5.41, 5.74) is 3.00. The smallest absolute Gasteiger partial charge is 0.246 e. The maximum Gasteiger partial charge on any atom is 0.246 e. The van der Waals surface area contributed by atoms with Crippen LogP contribution < -0.4 is 15.5 Å². The van der Waals surface area contributed by atoms with Gasteiger partial charge in [-0.2, -0.15) is 0 Å². The molecule has 0 radical (unpaired) electrons. The minimum absolute atomic E-state index is 0.0547. The predicted octanol–water partition coefficient (Wildman–Crippen LogP) is 4.49. The molecule has 2 aromatic carbocycles. The molecule has 1 fully saturated rings. The van der Waals surface area contributed by atoms with Crippen LogP contribution in [0, 0.1) is 0 Å². The van der Waals surface area contributed by atoms with Crippen LogP contribution in [-0.4, -0.2) is 25.0 Å². The van der Waals surface area contributed by atoms with Crippen LogP contribution in [0.2, 0.25) is 0 Å². The lowest BCUT2D eigenvalue weighted by molar-refractivity contribution is -0.116. The van der Waals surface area contributed by atoms with Crippen molar-refractivity contribution in [1.29, 1.82) is 0 Å². The molecule has 24 heavy (non-hydrogen) atoms. The number of carbonyl (C=O) groups excluding carboxylic acids is 1. The third-order valence-corrected chi connectivity index (χ3v) is 4.76. The van der Waals surface area contributed by atoms with Crippen LogP contribution in [-0.2, 0) is 4.79 Å². The fraction of sp³-hybridized carbons (Fsp3) is 0.316. The van der Waals surface area contributed by atoms with Crippen LogP contribution in [0.5, 0.6) is 0 Å². The van der Waals surface area contributed by atoms with Gasteiger partial charge < -0.3 is 15.5 Å². The highest BCUT2D eigenvalue weighted by Crippen LogP contribution is 2.22. The van der Waals surface area contributed by atoms with Crippen molar-refractivity contribution in [3.63, 3.8) is 0 Å². The number of carbonyl (C=O) groups is 1. The van der Waals surface area contributed by atoms with Crippen molar-refractivity contribution in [2.45, 2.75) is 25.8 Å². The Morgan fingerprint density at radius 1 is 1.00 bits per heavy atom. The Morgan fingerprint density at radius 3 is 2.21 bits per heavy atom. The zero-order chi connectivity index (χ0) is 16.9. The number of halogens is 1. The maximum absolute atomic E-state index is 12.3. The van der Waals surface area contributed by atoms with Gasteiger partial charge in [0.2, 0.25) is 5.91 Å². The highest BCUT2D eigenvalue weighted by molar-refractivity contribution is 9.10. The normalized spacial score (nSPS) is 15.2. The summed E-state index contributed by atoms with van der Waals surface area (Å²) in [7, 11) is 0. The van der Waals surface area contributed by atoms with Crippen LogP contribution in [0.25, 0.3) is 0 Å². The molecule has 2 aromatic rings. The van der Waals surface area contributed by atoms with Crippen LogP contribution in [0.3, 0.4) is 0 Å². The second kappa shape index (κ2) is 7.71. The van der Waals surface area contributed by atoms with Crippen molar-refractivity contribution in [2.75, 3.05) is 28.6 Å². The molecule has 2 N–H and O–H groups in total. The summed E-state index contributed by atoms with van der Waals surface area (Å²) in [5.74, 6) is -0.0547. The lowest BCUT2D eigenvalue weighted by Gasteiger charge is -2.19. The Kier molecular flexibility index (Phi) is 5.41. The number of hydrogen-bond donors (Lipinski definition) is 2. The Bertz CT molecular complexity index is 679. The van der Waals surface area contributed by atoms with Crippen molar-refractivity contribution in [1.82, 2.24) is 0 Å². The number of nitrogens with zero attached hydrogens (tertiary/aromatic N) is 1. The molecular formula is C19H22BrN3O. The molecule has 1 aliphatic rings. The molecule has 0 spiro atoms. The largest absolute Gasteiger partial charge is 0.374 e. The van der Waals surface area contributed by atoms with Gasteiger partial charge in [-0.05, 0) is 68.3 Å². The summed E-state index contributed by atoms with van der Waals surface area (Å²) in [5, 5.41) is 6.17. The van der Waals surface area contributed by atoms with Gasteiger partial charge in [-0.15, -0.1) is 0 Å². The monoisotopic (exact) mass is 387 g/mol. The van der Waals surface area contributed by atoms with E-state index in [4.69, 9.17) is 0 Å². The Hall–Kier alpha value is -2.01. The van der Waals surface area contributed by atoms with Crippen LogP contribution in [0.4, 0.5) is 17.1 Å². The molecule has 0 aliphatic carbocycles. The van der Waals surface area contributed by atoms with Gasteiger partial charge in [0, 0.05) is 34.6 Å². The molecule has 3 rings (SSSR count). The molecule has 1 atom stereocenters. The maximum atomic E-state index is 12.3. The number of hydrogen-bond acceptors (Lipinski definition) is 3. The van der Waals surface area contributed by atoms with E-state index in [0.29, 0.717) is 0 Å². The summed E-state index contributed by atoms with van der Waals surface area (Å²) in [6.45, 7) is 4.14. The number of nitrogens with one attached hydrogen (secondary N) is 2. The lowest BCUT2D eigenvalue weighted by Crippen LogP contribution is -2.31. The van der Waals surface area contributed by atoms with Crippen molar-refractivity contribution in [3.8, 4) is 0 Å². The molecule has 0 bridgehead atoms. The lowest BCUT2D eigenvalue weighted by atomic mass is 10.2. The molecule has 4 nitrogen and oxygen atoms in total. The highest BCUT2D eigenvalue weighted by Gasteiger charge is 2.14. The fourth-order valence-corrected chi connectivity index (χ4v) is 3.11. The van der Waals surface area contributed by atoms with Gasteiger partial charge >= 0.3 is 0 Å². The fourth-order valence-electron chi connectivity index (χ4n) is 2.84. The topological polar surface area (TPSA) is 44.4 Å². The molecule has 1 saturated heterocycles. The van der Waals surface area contributed by atoms with E-state index in [1.807, 2.05) is 43.3 Å². The summed E-state index contributed by atoms with van der Waals surface area (Å²) < 4.78 is 0.991. The van der Waals surface area contributed by atoms with Gasteiger partial charge in [-0.1, -0.05) is 15.9 Å². The Labute approximate surface area is 151 Å². The van der Waals surface area contributed by atoms with E-state index in [-0.39, 0.29) is 11.9 Å². The highest BCUT2D eigenvalue weighted by atomic mass is 79.9. The minimum atomic E-state index is -0.314. The number of amides is 1. The second-order valence-corrected chi connectivity index (χ2v) is 7.02. The van der Waals surface area contributed by atoms with Crippen LogP contribution in [0.1, 0.15) is 19.8 Å².